The molecule has 0 atom stereocenters. The number of aromatic carboxylic acids is 1. The standard InChI is InChI=1S/C18H16N2O5S/c1-23-14-7-5-12(6-8-14)16-19-20-18(25-16)26-10-9-24-15-4-2-3-13(11-15)17(21)22/h2-8,11H,9-10H2,1H3,(H,21,22). The summed E-state index contributed by atoms with van der Waals surface area (Å²) in [5, 5.41) is 17.4. The number of methoxy groups -OCH3 is 1. The van der Waals surface area contributed by atoms with E-state index in [0.29, 0.717) is 29.2 Å². The summed E-state index contributed by atoms with van der Waals surface area (Å²) in [5.41, 5.74) is 1.00. The molecule has 0 saturated carbocycles. The smallest absolute Gasteiger partial charge is 0.335 e. The van der Waals surface area contributed by atoms with E-state index in [-0.39, 0.29) is 5.56 Å². The number of rotatable bonds is 8. The molecule has 1 N–H and O–H groups in total. The number of carbonyl (C=O) groups is 1. The van der Waals surface area contributed by atoms with Crippen LogP contribution in [0.25, 0.3) is 11.5 Å². The fraction of sp³-hybridized carbons (Fsp3) is 0.167. The Morgan fingerprint density at radius 3 is 2.69 bits per heavy atom. The van der Waals surface area contributed by atoms with Gasteiger partial charge in [-0.2, -0.15) is 0 Å². The van der Waals surface area contributed by atoms with Crippen LogP contribution < -0.4 is 9.47 Å². The van der Waals surface area contributed by atoms with Gasteiger partial charge in [-0.05, 0) is 42.5 Å². The Labute approximate surface area is 154 Å². The summed E-state index contributed by atoms with van der Waals surface area (Å²) in [5.74, 6) is 1.30. The van der Waals surface area contributed by atoms with Crippen molar-refractivity contribution in [3.8, 4) is 23.0 Å². The van der Waals surface area contributed by atoms with E-state index in [2.05, 4.69) is 10.2 Å². The van der Waals surface area contributed by atoms with E-state index in [1.54, 1.807) is 19.2 Å². The molecule has 0 aliphatic heterocycles. The van der Waals surface area contributed by atoms with Gasteiger partial charge in [-0.25, -0.2) is 4.79 Å². The first kappa shape index (κ1) is 17.8. The lowest BCUT2D eigenvalue weighted by Gasteiger charge is -2.05. The quantitative estimate of drug-likeness (QED) is 0.473. The Kier molecular flexibility index (Phi) is 5.75. The van der Waals surface area contributed by atoms with Crippen molar-refractivity contribution in [3.05, 3.63) is 54.1 Å². The van der Waals surface area contributed by atoms with Crippen LogP contribution in [0.15, 0.2) is 58.2 Å². The molecule has 8 heteroatoms. The van der Waals surface area contributed by atoms with E-state index >= 15 is 0 Å². The molecule has 0 fully saturated rings. The first-order valence-electron chi connectivity index (χ1n) is 7.72. The molecule has 7 nitrogen and oxygen atoms in total. The molecule has 1 heterocycles. The monoisotopic (exact) mass is 372 g/mol. The number of carboxylic acid groups (broad SMARTS) is 1. The minimum Gasteiger partial charge on any atom is -0.497 e. The van der Waals surface area contributed by atoms with Gasteiger partial charge >= 0.3 is 5.97 Å². The van der Waals surface area contributed by atoms with Gasteiger partial charge in [0.25, 0.3) is 5.22 Å². The van der Waals surface area contributed by atoms with E-state index in [9.17, 15) is 4.79 Å². The Bertz CT molecular complexity index is 879. The summed E-state index contributed by atoms with van der Waals surface area (Å²) in [6, 6.07) is 13.7. The molecule has 26 heavy (non-hydrogen) atoms. The molecule has 1 aromatic heterocycles. The van der Waals surface area contributed by atoms with Crippen molar-refractivity contribution in [1.82, 2.24) is 10.2 Å². The van der Waals surface area contributed by atoms with Gasteiger partial charge in [0.2, 0.25) is 5.89 Å². The maximum Gasteiger partial charge on any atom is 0.335 e. The molecule has 0 amide bonds. The third-order valence-corrected chi connectivity index (χ3v) is 4.18. The summed E-state index contributed by atoms with van der Waals surface area (Å²) in [6.45, 7) is 0.383. The molecule has 0 aliphatic rings. The Morgan fingerprint density at radius 2 is 1.96 bits per heavy atom. The fourth-order valence-corrected chi connectivity index (χ4v) is 2.70. The predicted molar refractivity (Wildman–Crippen MR) is 95.9 cm³/mol. The third kappa shape index (κ3) is 4.54. The molecule has 0 unspecified atom stereocenters. The maximum atomic E-state index is 10.9. The molecule has 0 bridgehead atoms. The van der Waals surface area contributed by atoms with Crippen molar-refractivity contribution in [1.29, 1.82) is 0 Å². The van der Waals surface area contributed by atoms with Crippen LogP contribution in [0.3, 0.4) is 0 Å². The normalized spacial score (nSPS) is 10.5. The van der Waals surface area contributed by atoms with Crippen LogP contribution in [-0.4, -0.2) is 40.7 Å². The lowest BCUT2D eigenvalue weighted by molar-refractivity contribution is 0.0696. The van der Waals surface area contributed by atoms with Gasteiger partial charge in [-0.1, -0.05) is 17.8 Å². The summed E-state index contributed by atoms with van der Waals surface area (Å²) in [4.78, 5) is 10.9. The van der Waals surface area contributed by atoms with E-state index in [1.807, 2.05) is 24.3 Å². The number of ether oxygens (including phenoxy) is 2. The van der Waals surface area contributed by atoms with Crippen LogP contribution in [0.1, 0.15) is 10.4 Å². The number of nitrogens with zero attached hydrogens (tertiary/aromatic N) is 2. The molecule has 0 spiro atoms. The summed E-state index contributed by atoms with van der Waals surface area (Å²) >= 11 is 1.37. The van der Waals surface area contributed by atoms with Crippen LogP contribution in [0.5, 0.6) is 11.5 Å². The van der Waals surface area contributed by atoms with Gasteiger partial charge in [0, 0.05) is 11.3 Å². The molecule has 3 aromatic rings. The molecule has 0 radical (unpaired) electrons. The molecular weight excluding hydrogens is 356 g/mol. The molecular formula is C18H16N2O5S. The van der Waals surface area contributed by atoms with Gasteiger partial charge in [0.05, 0.1) is 19.3 Å². The molecule has 0 saturated heterocycles. The van der Waals surface area contributed by atoms with E-state index < -0.39 is 5.97 Å². The second-order valence-corrected chi connectivity index (χ2v) is 6.18. The highest BCUT2D eigenvalue weighted by Gasteiger charge is 2.09. The van der Waals surface area contributed by atoms with Crippen LogP contribution in [0.2, 0.25) is 0 Å². The summed E-state index contributed by atoms with van der Waals surface area (Å²) in [7, 11) is 1.61. The van der Waals surface area contributed by atoms with Crippen molar-refractivity contribution < 1.29 is 23.8 Å². The Hall–Kier alpha value is -3.00. The highest BCUT2D eigenvalue weighted by atomic mass is 32.2. The van der Waals surface area contributed by atoms with Crippen molar-refractivity contribution in [2.75, 3.05) is 19.5 Å². The second kappa shape index (κ2) is 8.39. The molecule has 0 aliphatic carbocycles. The van der Waals surface area contributed by atoms with Crippen molar-refractivity contribution in [2.24, 2.45) is 0 Å². The van der Waals surface area contributed by atoms with Gasteiger partial charge in [-0.15, -0.1) is 10.2 Å². The van der Waals surface area contributed by atoms with Gasteiger partial charge in [0.15, 0.2) is 0 Å². The van der Waals surface area contributed by atoms with Crippen molar-refractivity contribution in [3.63, 3.8) is 0 Å². The SMILES string of the molecule is COc1ccc(-c2nnc(SCCOc3cccc(C(=O)O)c3)o2)cc1. The van der Waals surface area contributed by atoms with Gasteiger partial charge < -0.3 is 19.0 Å². The number of carboxylic acids is 1. The van der Waals surface area contributed by atoms with Crippen molar-refractivity contribution >= 4 is 17.7 Å². The van der Waals surface area contributed by atoms with Gasteiger partial charge in [-0.3, -0.25) is 0 Å². The Balaban J connectivity index is 1.50. The number of hydrogen-bond donors (Lipinski definition) is 1. The third-order valence-electron chi connectivity index (χ3n) is 3.40. The zero-order valence-corrected chi connectivity index (χ0v) is 14.7. The number of hydrogen-bond acceptors (Lipinski definition) is 7. The minimum atomic E-state index is -0.984. The van der Waals surface area contributed by atoms with Crippen LogP contribution in [-0.2, 0) is 0 Å². The molecule has 134 valence electrons. The predicted octanol–water partition coefficient (Wildman–Crippen LogP) is 3.61. The first-order chi connectivity index (χ1) is 12.7. The van der Waals surface area contributed by atoms with E-state index in [0.717, 1.165) is 11.3 Å². The average molecular weight is 372 g/mol. The largest absolute Gasteiger partial charge is 0.497 e. The second-order valence-electron chi connectivity index (χ2n) is 5.13. The summed E-state index contributed by atoms with van der Waals surface area (Å²) in [6.07, 6.45) is 0. The molecule has 3 rings (SSSR count). The maximum absolute atomic E-state index is 10.9. The van der Waals surface area contributed by atoms with Crippen LogP contribution >= 0.6 is 11.8 Å². The topological polar surface area (TPSA) is 94.7 Å². The zero-order chi connectivity index (χ0) is 18.4. The highest BCUT2D eigenvalue weighted by molar-refractivity contribution is 7.99. The lowest BCUT2D eigenvalue weighted by Crippen LogP contribution is -2.02. The average Bonchev–Trinajstić information content (AvgIpc) is 3.14. The van der Waals surface area contributed by atoms with Crippen LogP contribution in [0.4, 0.5) is 0 Å². The highest BCUT2D eigenvalue weighted by Crippen LogP contribution is 2.25. The number of thioether (sulfide) groups is 1. The fourth-order valence-electron chi connectivity index (χ4n) is 2.13. The Morgan fingerprint density at radius 1 is 1.15 bits per heavy atom. The summed E-state index contributed by atoms with van der Waals surface area (Å²) < 4.78 is 16.3. The zero-order valence-electron chi connectivity index (χ0n) is 13.9. The van der Waals surface area contributed by atoms with E-state index in [4.69, 9.17) is 19.0 Å². The van der Waals surface area contributed by atoms with E-state index in [1.165, 1.54) is 23.9 Å². The first-order valence-corrected chi connectivity index (χ1v) is 8.71. The molecule has 2 aromatic carbocycles. The lowest BCUT2D eigenvalue weighted by atomic mass is 10.2. The van der Waals surface area contributed by atoms with Crippen molar-refractivity contribution in [2.45, 2.75) is 5.22 Å². The van der Waals surface area contributed by atoms with Gasteiger partial charge in [0.1, 0.15) is 11.5 Å². The number of benzene rings is 2. The number of aromatic nitrogens is 2. The minimum absolute atomic E-state index is 0.191. The van der Waals surface area contributed by atoms with Crippen LogP contribution in [0, 0.1) is 0 Å².